The first-order valence-electron chi connectivity index (χ1n) is 9.99. The molecule has 0 amide bonds. The molecule has 150 valence electrons. The maximum atomic E-state index is 13.0. The Kier molecular flexibility index (Phi) is 5.02. The number of esters is 2. The molecule has 0 N–H and O–H groups in total. The van der Waals surface area contributed by atoms with E-state index in [4.69, 9.17) is 9.47 Å². The molecule has 0 radical (unpaired) electrons. The molecule has 0 heterocycles. The zero-order chi connectivity index (χ0) is 20.0. The lowest BCUT2D eigenvalue weighted by Gasteiger charge is -2.56. The predicted octanol–water partition coefficient (Wildman–Crippen LogP) is 3.71. The smallest absolute Gasteiger partial charge is 0.312 e. The Hall–Kier alpha value is -1.65. The summed E-state index contributed by atoms with van der Waals surface area (Å²) in [6.07, 6.45) is 6.73. The van der Waals surface area contributed by atoms with Crippen molar-refractivity contribution in [3.8, 4) is 0 Å². The van der Waals surface area contributed by atoms with Gasteiger partial charge in [0, 0.05) is 5.41 Å². The molecule has 3 aliphatic carbocycles. The molecule has 3 saturated carbocycles. The standard InChI is InChI=1S/C22H32O5/c1-14-11-22(13-23)12-15(14)7-8-16(22)20(2)9-6-10-21(3,19(25)27-5)17(20)18(24)26-4/h13,15-17H,1,6-12H2,2-5H3/t15-,16+,17+,20+,21-,22-/m1/s1. The van der Waals surface area contributed by atoms with Gasteiger partial charge in [0.25, 0.3) is 0 Å². The quantitative estimate of drug-likeness (QED) is 0.425. The second kappa shape index (κ2) is 6.75. The van der Waals surface area contributed by atoms with Crippen molar-refractivity contribution in [1.82, 2.24) is 0 Å². The zero-order valence-electron chi connectivity index (χ0n) is 17.0. The van der Waals surface area contributed by atoms with Gasteiger partial charge in [0.05, 0.1) is 25.6 Å². The van der Waals surface area contributed by atoms with Crippen molar-refractivity contribution in [2.45, 2.75) is 58.8 Å². The average Bonchev–Trinajstić information content (AvgIpc) is 2.90. The summed E-state index contributed by atoms with van der Waals surface area (Å²) in [5, 5.41) is 0. The molecule has 5 heteroatoms. The van der Waals surface area contributed by atoms with E-state index in [0.717, 1.165) is 44.0 Å². The van der Waals surface area contributed by atoms with E-state index in [2.05, 4.69) is 13.5 Å². The van der Waals surface area contributed by atoms with E-state index < -0.39 is 22.2 Å². The van der Waals surface area contributed by atoms with Crippen molar-refractivity contribution in [2.24, 2.45) is 34.0 Å². The van der Waals surface area contributed by atoms with Gasteiger partial charge in [-0.1, -0.05) is 25.5 Å². The van der Waals surface area contributed by atoms with Gasteiger partial charge in [-0.15, -0.1) is 0 Å². The highest BCUT2D eigenvalue weighted by Crippen LogP contribution is 2.66. The molecule has 0 spiro atoms. The summed E-state index contributed by atoms with van der Waals surface area (Å²) >= 11 is 0. The van der Waals surface area contributed by atoms with Crippen LogP contribution in [-0.4, -0.2) is 32.4 Å². The summed E-state index contributed by atoms with van der Waals surface area (Å²) in [4.78, 5) is 38.1. The normalized spacial score (nSPS) is 43.9. The van der Waals surface area contributed by atoms with Crippen LogP contribution in [0.2, 0.25) is 0 Å². The highest BCUT2D eigenvalue weighted by Gasteiger charge is 2.65. The first-order valence-corrected chi connectivity index (χ1v) is 9.99. The molecule has 3 rings (SSSR count). The van der Waals surface area contributed by atoms with E-state index in [0.29, 0.717) is 18.8 Å². The Morgan fingerprint density at radius 1 is 1.15 bits per heavy atom. The fraction of sp³-hybridized carbons (Fsp3) is 0.773. The van der Waals surface area contributed by atoms with Gasteiger partial charge in [-0.3, -0.25) is 9.59 Å². The third kappa shape index (κ3) is 2.76. The van der Waals surface area contributed by atoms with Crippen molar-refractivity contribution in [3.05, 3.63) is 12.2 Å². The minimum absolute atomic E-state index is 0.0337. The van der Waals surface area contributed by atoms with Crippen LogP contribution >= 0.6 is 0 Å². The Morgan fingerprint density at radius 3 is 2.44 bits per heavy atom. The Labute approximate surface area is 161 Å². The summed E-state index contributed by atoms with van der Waals surface area (Å²) in [6, 6.07) is 0. The number of rotatable bonds is 4. The molecule has 0 saturated heterocycles. The van der Waals surface area contributed by atoms with Crippen LogP contribution in [-0.2, 0) is 23.9 Å². The average molecular weight is 376 g/mol. The summed E-state index contributed by atoms with van der Waals surface area (Å²) in [5.74, 6) is -0.921. The fourth-order valence-electron chi connectivity index (χ4n) is 6.96. The predicted molar refractivity (Wildman–Crippen MR) is 101 cm³/mol. The third-order valence-corrected chi connectivity index (χ3v) is 8.09. The molecule has 6 atom stereocenters. The number of allylic oxidation sites excluding steroid dienone is 1. The molecule has 3 aliphatic rings. The van der Waals surface area contributed by atoms with Crippen LogP contribution < -0.4 is 0 Å². The van der Waals surface area contributed by atoms with E-state index in [1.807, 2.05) is 6.92 Å². The number of ether oxygens (including phenoxy) is 2. The monoisotopic (exact) mass is 376 g/mol. The number of hydrogen-bond donors (Lipinski definition) is 0. The lowest BCUT2D eigenvalue weighted by molar-refractivity contribution is -0.187. The van der Waals surface area contributed by atoms with E-state index in [-0.39, 0.29) is 17.9 Å². The molecule has 0 aromatic rings. The highest BCUT2D eigenvalue weighted by atomic mass is 16.5. The second-order valence-electron chi connectivity index (χ2n) is 9.44. The van der Waals surface area contributed by atoms with Crippen LogP contribution in [0.25, 0.3) is 0 Å². The second-order valence-corrected chi connectivity index (χ2v) is 9.44. The van der Waals surface area contributed by atoms with Gasteiger partial charge in [0.15, 0.2) is 0 Å². The molecular formula is C22H32O5. The van der Waals surface area contributed by atoms with Crippen LogP contribution in [0.5, 0.6) is 0 Å². The molecule has 0 aromatic heterocycles. The lowest BCUT2D eigenvalue weighted by atomic mass is 9.46. The van der Waals surface area contributed by atoms with Crippen LogP contribution in [0.15, 0.2) is 12.2 Å². The van der Waals surface area contributed by atoms with Gasteiger partial charge in [-0.25, -0.2) is 0 Å². The number of carbonyl (C=O) groups is 3. The van der Waals surface area contributed by atoms with Gasteiger partial charge in [-0.2, -0.15) is 0 Å². The molecular weight excluding hydrogens is 344 g/mol. The van der Waals surface area contributed by atoms with Crippen molar-refractivity contribution >= 4 is 18.2 Å². The lowest BCUT2D eigenvalue weighted by Crippen LogP contribution is -2.58. The number of aldehydes is 1. The summed E-state index contributed by atoms with van der Waals surface area (Å²) in [6.45, 7) is 8.12. The topological polar surface area (TPSA) is 69.7 Å². The van der Waals surface area contributed by atoms with Crippen molar-refractivity contribution < 1.29 is 23.9 Å². The minimum Gasteiger partial charge on any atom is -0.469 e. The van der Waals surface area contributed by atoms with Crippen molar-refractivity contribution in [2.75, 3.05) is 14.2 Å². The molecule has 27 heavy (non-hydrogen) atoms. The molecule has 2 bridgehead atoms. The largest absolute Gasteiger partial charge is 0.469 e. The van der Waals surface area contributed by atoms with Gasteiger partial charge < -0.3 is 14.3 Å². The zero-order valence-corrected chi connectivity index (χ0v) is 17.0. The number of methoxy groups -OCH3 is 2. The van der Waals surface area contributed by atoms with E-state index in [1.54, 1.807) is 0 Å². The van der Waals surface area contributed by atoms with Gasteiger partial charge >= 0.3 is 11.9 Å². The van der Waals surface area contributed by atoms with Gasteiger partial charge in [0.1, 0.15) is 6.29 Å². The van der Waals surface area contributed by atoms with Crippen LogP contribution in [0, 0.1) is 34.0 Å². The van der Waals surface area contributed by atoms with E-state index >= 15 is 0 Å². The molecule has 3 fully saturated rings. The maximum absolute atomic E-state index is 13.0. The molecule has 0 unspecified atom stereocenters. The van der Waals surface area contributed by atoms with Gasteiger partial charge in [-0.05, 0) is 62.7 Å². The number of carbonyl (C=O) groups excluding carboxylic acids is 3. The Bertz CT molecular complexity index is 670. The first-order chi connectivity index (χ1) is 12.7. The van der Waals surface area contributed by atoms with E-state index in [1.165, 1.54) is 14.2 Å². The van der Waals surface area contributed by atoms with Crippen LogP contribution in [0.1, 0.15) is 58.8 Å². The number of hydrogen-bond acceptors (Lipinski definition) is 5. The molecule has 5 nitrogen and oxygen atoms in total. The fourth-order valence-corrected chi connectivity index (χ4v) is 6.96. The van der Waals surface area contributed by atoms with Crippen LogP contribution in [0.4, 0.5) is 0 Å². The Balaban J connectivity index is 2.10. The van der Waals surface area contributed by atoms with Crippen LogP contribution in [0.3, 0.4) is 0 Å². The summed E-state index contributed by atoms with van der Waals surface area (Å²) in [7, 11) is 2.74. The summed E-state index contributed by atoms with van der Waals surface area (Å²) < 4.78 is 10.3. The minimum atomic E-state index is -0.939. The van der Waals surface area contributed by atoms with Crippen molar-refractivity contribution in [1.29, 1.82) is 0 Å². The maximum Gasteiger partial charge on any atom is 0.312 e. The molecule has 0 aliphatic heterocycles. The third-order valence-electron chi connectivity index (χ3n) is 8.09. The first kappa shape index (κ1) is 20.1. The van der Waals surface area contributed by atoms with Gasteiger partial charge in [0.2, 0.25) is 0 Å². The highest BCUT2D eigenvalue weighted by molar-refractivity contribution is 5.86. The van der Waals surface area contributed by atoms with E-state index in [9.17, 15) is 14.4 Å². The Morgan fingerprint density at radius 2 is 1.85 bits per heavy atom. The SMILES string of the molecule is C=C1C[C@]2(C=O)C[C@H]1CC[C@H]2[C@]1(C)CCC[C@@](C)(C(=O)OC)[C@H]1C(=O)OC. The molecule has 0 aromatic carbocycles. The summed E-state index contributed by atoms with van der Waals surface area (Å²) in [5.41, 5.74) is -0.750. The number of fused-ring (bicyclic) bond motifs is 2. The van der Waals surface area contributed by atoms with Crippen molar-refractivity contribution in [3.63, 3.8) is 0 Å².